The van der Waals surface area contributed by atoms with Gasteiger partial charge in [-0.15, -0.1) is 0 Å². The van der Waals surface area contributed by atoms with Crippen LogP contribution in [0.15, 0.2) is 30.3 Å². The molecule has 19 heavy (non-hydrogen) atoms. The fourth-order valence-electron chi connectivity index (χ4n) is 2.00. The van der Waals surface area contributed by atoms with E-state index in [1.54, 1.807) is 0 Å². The second-order valence-electron chi connectivity index (χ2n) is 4.93. The number of aromatic nitrogens is 2. The molecule has 0 aliphatic heterocycles. The third kappa shape index (κ3) is 3.85. The second kappa shape index (κ2) is 6.78. The van der Waals surface area contributed by atoms with Gasteiger partial charge in [0.05, 0.1) is 0 Å². The van der Waals surface area contributed by atoms with E-state index in [1.807, 2.05) is 6.07 Å². The molecule has 0 fully saturated rings. The van der Waals surface area contributed by atoms with Crippen LogP contribution < -0.4 is 5.32 Å². The zero-order chi connectivity index (χ0) is 13.7. The lowest BCUT2D eigenvalue weighted by atomic mass is 10.0. The van der Waals surface area contributed by atoms with Crippen molar-refractivity contribution < 1.29 is 0 Å². The molecule has 1 heterocycles. The van der Waals surface area contributed by atoms with Gasteiger partial charge in [0.15, 0.2) is 0 Å². The molecule has 1 aromatic carbocycles. The molecule has 0 bridgehead atoms. The molecule has 1 N–H and O–H groups in total. The van der Waals surface area contributed by atoms with Crippen LogP contribution >= 0.6 is 11.5 Å². The van der Waals surface area contributed by atoms with Gasteiger partial charge in [-0.05, 0) is 23.6 Å². The molecule has 102 valence electrons. The SMILES string of the molecule is CCNC(Cc1nc(C(C)C)ns1)c1ccccc1. The Hall–Kier alpha value is -1.26. The van der Waals surface area contributed by atoms with E-state index in [9.17, 15) is 0 Å². The van der Waals surface area contributed by atoms with Crippen LogP contribution in [0.1, 0.15) is 49.1 Å². The second-order valence-corrected chi connectivity index (χ2v) is 5.76. The van der Waals surface area contributed by atoms with Crippen molar-refractivity contribution in [3.8, 4) is 0 Å². The van der Waals surface area contributed by atoms with Crippen molar-refractivity contribution in [1.82, 2.24) is 14.7 Å². The first-order valence-corrected chi connectivity index (χ1v) is 7.58. The minimum Gasteiger partial charge on any atom is -0.310 e. The van der Waals surface area contributed by atoms with Gasteiger partial charge in [0.2, 0.25) is 0 Å². The summed E-state index contributed by atoms with van der Waals surface area (Å²) in [6.45, 7) is 7.35. The number of hydrogen-bond acceptors (Lipinski definition) is 4. The lowest BCUT2D eigenvalue weighted by Crippen LogP contribution is -2.22. The molecule has 3 nitrogen and oxygen atoms in total. The predicted octanol–water partition coefficient (Wildman–Crippen LogP) is 3.55. The molecular formula is C15H21N3S. The first-order chi connectivity index (χ1) is 9.20. The summed E-state index contributed by atoms with van der Waals surface area (Å²) in [5, 5.41) is 4.63. The van der Waals surface area contributed by atoms with Crippen LogP contribution in [0.2, 0.25) is 0 Å². The van der Waals surface area contributed by atoms with Crippen LogP contribution in [0.25, 0.3) is 0 Å². The Kier molecular flexibility index (Phi) is 5.05. The maximum absolute atomic E-state index is 4.62. The monoisotopic (exact) mass is 275 g/mol. The van der Waals surface area contributed by atoms with Gasteiger partial charge in [-0.1, -0.05) is 51.1 Å². The normalized spacial score (nSPS) is 12.8. The zero-order valence-electron chi connectivity index (χ0n) is 11.8. The zero-order valence-corrected chi connectivity index (χ0v) is 12.6. The van der Waals surface area contributed by atoms with Gasteiger partial charge in [-0.2, -0.15) is 4.37 Å². The van der Waals surface area contributed by atoms with Gasteiger partial charge in [0, 0.05) is 18.4 Å². The van der Waals surface area contributed by atoms with Gasteiger partial charge in [-0.3, -0.25) is 0 Å². The summed E-state index contributed by atoms with van der Waals surface area (Å²) in [6, 6.07) is 10.9. The van der Waals surface area contributed by atoms with E-state index in [-0.39, 0.29) is 0 Å². The number of rotatable bonds is 6. The van der Waals surface area contributed by atoms with Crippen molar-refractivity contribution in [1.29, 1.82) is 0 Å². The van der Waals surface area contributed by atoms with Crippen LogP contribution in [-0.2, 0) is 6.42 Å². The molecule has 0 aliphatic carbocycles. The molecule has 2 aromatic rings. The van der Waals surface area contributed by atoms with Gasteiger partial charge in [0.25, 0.3) is 0 Å². The average Bonchev–Trinajstić information content (AvgIpc) is 2.88. The third-order valence-corrected chi connectivity index (χ3v) is 3.78. The molecule has 0 amide bonds. The Labute approximate surface area is 119 Å². The smallest absolute Gasteiger partial charge is 0.145 e. The van der Waals surface area contributed by atoms with E-state index >= 15 is 0 Å². The Morgan fingerprint density at radius 3 is 2.53 bits per heavy atom. The number of hydrogen-bond donors (Lipinski definition) is 1. The van der Waals surface area contributed by atoms with Gasteiger partial charge < -0.3 is 5.32 Å². The molecule has 4 heteroatoms. The molecule has 1 unspecified atom stereocenters. The van der Waals surface area contributed by atoms with E-state index in [0.717, 1.165) is 23.8 Å². The number of likely N-dealkylation sites (N-methyl/N-ethyl adjacent to an activating group) is 1. The van der Waals surface area contributed by atoms with Crippen molar-refractivity contribution >= 4 is 11.5 Å². The van der Waals surface area contributed by atoms with Gasteiger partial charge >= 0.3 is 0 Å². The van der Waals surface area contributed by atoms with Crippen molar-refractivity contribution in [2.75, 3.05) is 6.54 Å². The summed E-state index contributed by atoms with van der Waals surface area (Å²) in [5.41, 5.74) is 1.31. The molecule has 1 aromatic heterocycles. The maximum atomic E-state index is 4.62. The number of benzene rings is 1. The van der Waals surface area contributed by atoms with Crippen LogP contribution in [0.5, 0.6) is 0 Å². The fourth-order valence-corrected chi connectivity index (χ4v) is 2.83. The van der Waals surface area contributed by atoms with E-state index < -0.39 is 0 Å². The van der Waals surface area contributed by atoms with E-state index in [0.29, 0.717) is 12.0 Å². The summed E-state index contributed by atoms with van der Waals surface area (Å²) in [5.74, 6) is 1.36. The summed E-state index contributed by atoms with van der Waals surface area (Å²) in [7, 11) is 0. The highest BCUT2D eigenvalue weighted by Crippen LogP contribution is 2.21. The lowest BCUT2D eigenvalue weighted by Gasteiger charge is -2.16. The lowest BCUT2D eigenvalue weighted by molar-refractivity contribution is 0.547. The summed E-state index contributed by atoms with van der Waals surface area (Å²) >= 11 is 1.53. The molecule has 1 atom stereocenters. The van der Waals surface area contributed by atoms with E-state index in [2.05, 4.69) is 59.7 Å². The molecular weight excluding hydrogens is 254 g/mol. The van der Waals surface area contributed by atoms with Gasteiger partial charge in [-0.25, -0.2) is 4.98 Å². The Morgan fingerprint density at radius 2 is 1.95 bits per heavy atom. The molecule has 0 saturated heterocycles. The highest BCUT2D eigenvalue weighted by atomic mass is 32.1. The number of nitrogens with one attached hydrogen (secondary N) is 1. The topological polar surface area (TPSA) is 37.8 Å². The summed E-state index contributed by atoms with van der Waals surface area (Å²) in [6.07, 6.45) is 0.905. The van der Waals surface area contributed by atoms with Crippen LogP contribution in [-0.4, -0.2) is 15.9 Å². The highest BCUT2D eigenvalue weighted by molar-refractivity contribution is 7.05. The van der Waals surface area contributed by atoms with Crippen molar-refractivity contribution in [3.05, 3.63) is 46.7 Å². The minimum atomic E-state index is 0.319. The Morgan fingerprint density at radius 1 is 1.21 bits per heavy atom. The first-order valence-electron chi connectivity index (χ1n) is 6.81. The molecule has 0 radical (unpaired) electrons. The molecule has 2 rings (SSSR count). The summed E-state index contributed by atoms with van der Waals surface area (Å²) in [4.78, 5) is 4.62. The van der Waals surface area contributed by atoms with E-state index in [1.165, 1.54) is 17.1 Å². The highest BCUT2D eigenvalue weighted by Gasteiger charge is 2.15. The Balaban J connectivity index is 2.12. The van der Waals surface area contributed by atoms with Crippen LogP contribution in [0.4, 0.5) is 0 Å². The Bertz CT molecular complexity index is 493. The molecule has 0 spiro atoms. The van der Waals surface area contributed by atoms with Crippen molar-refractivity contribution in [2.45, 2.75) is 39.2 Å². The summed E-state index contributed by atoms with van der Waals surface area (Å²) < 4.78 is 4.43. The predicted molar refractivity (Wildman–Crippen MR) is 80.6 cm³/mol. The van der Waals surface area contributed by atoms with Gasteiger partial charge in [0.1, 0.15) is 10.8 Å². The van der Waals surface area contributed by atoms with Crippen LogP contribution in [0, 0.1) is 0 Å². The maximum Gasteiger partial charge on any atom is 0.145 e. The first kappa shape index (κ1) is 14.2. The molecule has 0 saturated carbocycles. The largest absolute Gasteiger partial charge is 0.310 e. The number of nitrogens with zero attached hydrogens (tertiary/aromatic N) is 2. The van der Waals surface area contributed by atoms with Crippen molar-refractivity contribution in [2.24, 2.45) is 0 Å². The standard InChI is InChI=1S/C15H21N3S/c1-4-16-13(12-8-6-5-7-9-12)10-14-17-15(11(2)3)18-19-14/h5-9,11,13,16H,4,10H2,1-3H3. The fraction of sp³-hybridized carbons (Fsp3) is 0.467. The quantitative estimate of drug-likeness (QED) is 0.876. The minimum absolute atomic E-state index is 0.319. The average molecular weight is 275 g/mol. The van der Waals surface area contributed by atoms with Crippen molar-refractivity contribution in [3.63, 3.8) is 0 Å². The van der Waals surface area contributed by atoms with Crippen LogP contribution in [0.3, 0.4) is 0 Å². The van der Waals surface area contributed by atoms with E-state index in [4.69, 9.17) is 0 Å². The third-order valence-electron chi connectivity index (χ3n) is 3.03. The molecule has 0 aliphatic rings.